The molecule has 1 saturated heterocycles. The van der Waals surface area contributed by atoms with E-state index in [1.165, 1.54) is 6.26 Å². The Morgan fingerprint density at radius 2 is 1.48 bits per heavy atom. The molecule has 148 valence electrons. The monoisotopic (exact) mass is 427 g/mol. The summed E-state index contributed by atoms with van der Waals surface area (Å²) in [5, 5.41) is 9.45. The predicted molar refractivity (Wildman–Crippen MR) is 114 cm³/mol. The van der Waals surface area contributed by atoms with Gasteiger partial charge in [0, 0.05) is 40.7 Å². The molecule has 7 heteroatoms. The average molecular weight is 428 g/mol. The van der Waals surface area contributed by atoms with Crippen LogP contribution in [0, 0.1) is 0 Å². The normalized spacial score (nSPS) is 19.0. The van der Waals surface area contributed by atoms with Crippen molar-refractivity contribution in [3.05, 3.63) is 93.9 Å². The van der Waals surface area contributed by atoms with Crippen molar-refractivity contribution in [2.75, 3.05) is 0 Å². The molecule has 1 amide bonds. The number of carbonyl (C=O) groups excluding carboxylic acids is 1. The molecule has 1 aliphatic rings. The van der Waals surface area contributed by atoms with Gasteiger partial charge in [0.1, 0.15) is 0 Å². The van der Waals surface area contributed by atoms with Crippen molar-refractivity contribution in [1.82, 2.24) is 10.7 Å². The summed E-state index contributed by atoms with van der Waals surface area (Å²) in [6.07, 6.45) is 2.80. The SMILES string of the molecule is O=C(NN=C1CC(c2ccc(Cl)cc2)NC(c2ccc(Cl)cc2)C1)c1ccco1. The minimum Gasteiger partial charge on any atom is -0.459 e. The summed E-state index contributed by atoms with van der Waals surface area (Å²) in [4.78, 5) is 12.2. The molecule has 0 saturated carbocycles. The van der Waals surface area contributed by atoms with Crippen molar-refractivity contribution in [2.45, 2.75) is 24.9 Å². The van der Waals surface area contributed by atoms with Crippen molar-refractivity contribution in [3.63, 3.8) is 0 Å². The molecule has 2 aromatic carbocycles. The number of nitrogens with zero attached hydrogens (tertiary/aromatic N) is 1. The summed E-state index contributed by atoms with van der Waals surface area (Å²) in [6, 6.07) is 18.9. The van der Waals surface area contributed by atoms with Gasteiger partial charge in [0.15, 0.2) is 5.76 Å². The summed E-state index contributed by atoms with van der Waals surface area (Å²) in [5.74, 6) is -0.140. The molecule has 5 nitrogen and oxygen atoms in total. The second kappa shape index (κ2) is 8.82. The lowest BCUT2D eigenvalue weighted by Gasteiger charge is -2.32. The maximum absolute atomic E-state index is 12.2. The number of nitrogens with one attached hydrogen (secondary N) is 2. The fourth-order valence-corrected chi connectivity index (χ4v) is 3.67. The van der Waals surface area contributed by atoms with E-state index in [9.17, 15) is 4.79 Å². The number of furan rings is 1. The van der Waals surface area contributed by atoms with Gasteiger partial charge in [-0.25, -0.2) is 5.43 Å². The van der Waals surface area contributed by atoms with Crippen molar-refractivity contribution in [3.8, 4) is 0 Å². The van der Waals surface area contributed by atoms with E-state index < -0.39 is 0 Å². The summed E-state index contributed by atoms with van der Waals surface area (Å²) in [5.41, 5.74) is 5.71. The van der Waals surface area contributed by atoms with E-state index in [1.807, 2.05) is 48.5 Å². The fraction of sp³-hybridized carbons (Fsp3) is 0.182. The minimum atomic E-state index is -0.368. The first-order valence-electron chi connectivity index (χ1n) is 9.25. The van der Waals surface area contributed by atoms with Gasteiger partial charge in [-0.05, 0) is 47.5 Å². The van der Waals surface area contributed by atoms with Crippen LogP contribution in [-0.2, 0) is 0 Å². The Hall–Kier alpha value is -2.60. The minimum absolute atomic E-state index is 0.0426. The third-order valence-electron chi connectivity index (χ3n) is 4.89. The zero-order valence-electron chi connectivity index (χ0n) is 15.4. The van der Waals surface area contributed by atoms with Crippen molar-refractivity contribution in [2.24, 2.45) is 5.10 Å². The highest BCUT2D eigenvalue weighted by atomic mass is 35.5. The molecule has 1 aromatic heterocycles. The molecule has 29 heavy (non-hydrogen) atoms. The van der Waals surface area contributed by atoms with Gasteiger partial charge in [0.2, 0.25) is 0 Å². The quantitative estimate of drug-likeness (QED) is 0.537. The first-order valence-corrected chi connectivity index (χ1v) is 10.0. The van der Waals surface area contributed by atoms with Crippen LogP contribution in [0.1, 0.15) is 46.6 Å². The van der Waals surface area contributed by atoms with Crippen LogP contribution < -0.4 is 10.7 Å². The topological polar surface area (TPSA) is 66.6 Å². The lowest BCUT2D eigenvalue weighted by molar-refractivity contribution is 0.0926. The summed E-state index contributed by atoms with van der Waals surface area (Å²) < 4.78 is 5.12. The van der Waals surface area contributed by atoms with E-state index >= 15 is 0 Å². The molecule has 4 rings (SSSR count). The van der Waals surface area contributed by atoms with E-state index in [-0.39, 0.29) is 23.8 Å². The zero-order chi connectivity index (χ0) is 20.2. The number of amides is 1. The van der Waals surface area contributed by atoms with Gasteiger partial charge < -0.3 is 9.73 Å². The molecule has 2 atom stereocenters. The Morgan fingerprint density at radius 1 is 0.931 bits per heavy atom. The maximum atomic E-state index is 12.2. The first-order chi connectivity index (χ1) is 14.1. The van der Waals surface area contributed by atoms with E-state index in [4.69, 9.17) is 27.6 Å². The van der Waals surface area contributed by atoms with E-state index in [0.29, 0.717) is 22.9 Å². The molecule has 0 radical (unpaired) electrons. The van der Waals surface area contributed by atoms with E-state index in [0.717, 1.165) is 16.8 Å². The summed E-state index contributed by atoms with van der Waals surface area (Å²) in [7, 11) is 0. The molecule has 0 aliphatic carbocycles. The molecule has 1 fully saturated rings. The lowest BCUT2D eigenvalue weighted by Crippen LogP contribution is -2.36. The van der Waals surface area contributed by atoms with Crippen LogP contribution in [0.4, 0.5) is 0 Å². The Balaban J connectivity index is 1.58. The van der Waals surface area contributed by atoms with Crippen LogP contribution in [0.15, 0.2) is 76.4 Å². The second-order valence-corrected chi connectivity index (χ2v) is 7.75. The molecule has 2 N–H and O–H groups in total. The molecule has 2 unspecified atom stereocenters. The number of hydrogen-bond acceptors (Lipinski definition) is 4. The third-order valence-corrected chi connectivity index (χ3v) is 5.39. The fourth-order valence-electron chi connectivity index (χ4n) is 3.42. The number of hydrazone groups is 1. The Labute approximate surface area is 178 Å². The second-order valence-electron chi connectivity index (χ2n) is 6.88. The number of halogens is 2. The van der Waals surface area contributed by atoms with Crippen LogP contribution in [0.3, 0.4) is 0 Å². The van der Waals surface area contributed by atoms with Crippen molar-refractivity contribution in [1.29, 1.82) is 0 Å². The Bertz CT molecular complexity index is 944. The van der Waals surface area contributed by atoms with Crippen LogP contribution in [0.2, 0.25) is 10.0 Å². The summed E-state index contributed by atoms with van der Waals surface area (Å²) >= 11 is 12.1. The Morgan fingerprint density at radius 3 is 1.97 bits per heavy atom. The van der Waals surface area contributed by atoms with E-state index in [1.54, 1.807) is 12.1 Å². The molecular formula is C22H19Cl2N3O2. The number of rotatable bonds is 4. The van der Waals surface area contributed by atoms with Crippen LogP contribution in [0.25, 0.3) is 0 Å². The molecule has 0 bridgehead atoms. The smallest absolute Gasteiger partial charge is 0.307 e. The van der Waals surface area contributed by atoms with Crippen molar-refractivity contribution < 1.29 is 9.21 Å². The highest BCUT2D eigenvalue weighted by molar-refractivity contribution is 6.30. The zero-order valence-corrected chi connectivity index (χ0v) is 17.0. The number of benzene rings is 2. The highest BCUT2D eigenvalue weighted by Gasteiger charge is 2.28. The molecule has 3 aromatic rings. The number of piperidine rings is 1. The van der Waals surface area contributed by atoms with Crippen LogP contribution >= 0.6 is 23.2 Å². The van der Waals surface area contributed by atoms with Crippen LogP contribution in [0.5, 0.6) is 0 Å². The Kier molecular flexibility index (Phi) is 6.00. The van der Waals surface area contributed by atoms with Crippen molar-refractivity contribution >= 4 is 34.8 Å². The highest BCUT2D eigenvalue weighted by Crippen LogP contribution is 2.32. The average Bonchev–Trinajstić information content (AvgIpc) is 3.28. The third kappa shape index (κ3) is 4.88. The van der Waals surface area contributed by atoms with Gasteiger partial charge in [-0.2, -0.15) is 5.10 Å². The lowest BCUT2D eigenvalue weighted by atomic mass is 9.89. The number of hydrogen-bond donors (Lipinski definition) is 2. The molecule has 1 aliphatic heterocycles. The standard InChI is InChI=1S/C22H19Cl2N3O2/c23-16-7-3-14(4-8-16)19-12-18(26-27-22(28)21-2-1-11-29-21)13-20(25-19)15-5-9-17(24)10-6-15/h1-11,19-20,25H,12-13H2,(H,27,28). The molecule has 2 heterocycles. The van der Waals surface area contributed by atoms with Crippen LogP contribution in [-0.4, -0.2) is 11.6 Å². The van der Waals surface area contributed by atoms with Gasteiger partial charge in [0.25, 0.3) is 0 Å². The van der Waals surface area contributed by atoms with Gasteiger partial charge in [-0.3, -0.25) is 4.79 Å². The first kappa shape index (κ1) is 19.7. The van der Waals surface area contributed by atoms with Gasteiger partial charge in [-0.15, -0.1) is 0 Å². The number of carbonyl (C=O) groups is 1. The molecule has 0 spiro atoms. The summed E-state index contributed by atoms with van der Waals surface area (Å²) in [6.45, 7) is 0. The van der Waals surface area contributed by atoms with Gasteiger partial charge >= 0.3 is 5.91 Å². The van der Waals surface area contributed by atoms with E-state index in [2.05, 4.69) is 15.8 Å². The van der Waals surface area contributed by atoms with Gasteiger partial charge in [0.05, 0.1) is 6.26 Å². The molecular weight excluding hydrogens is 409 g/mol. The predicted octanol–water partition coefficient (Wildman–Crippen LogP) is 5.54. The largest absolute Gasteiger partial charge is 0.459 e. The van der Waals surface area contributed by atoms with Gasteiger partial charge in [-0.1, -0.05) is 47.5 Å². The maximum Gasteiger partial charge on any atom is 0.307 e.